The highest BCUT2D eigenvalue weighted by molar-refractivity contribution is 5.33. The molecule has 4 atom stereocenters. The fourth-order valence-corrected chi connectivity index (χ4v) is 13.6. The van der Waals surface area contributed by atoms with E-state index in [2.05, 4.69) is 13.8 Å². The Labute approximate surface area is 359 Å². The maximum atomic E-state index is 17.4. The predicted molar refractivity (Wildman–Crippen MR) is 240 cm³/mol. The average Bonchev–Trinajstić information content (AvgIpc) is 3.26. The van der Waals surface area contributed by atoms with Crippen LogP contribution in [0.1, 0.15) is 219 Å². The number of ether oxygens (including phenoxy) is 1. The number of unbranched alkanes of at least 4 members (excludes halogenated alkanes) is 10. The van der Waals surface area contributed by atoms with Crippen LogP contribution < -0.4 is 0 Å². The number of hydrogen-bond acceptors (Lipinski definition) is 1. The minimum Gasteiger partial charge on any atom is -0.379 e. The highest BCUT2D eigenvalue weighted by atomic mass is 19.2. The van der Waals surface area contributed by atoms with Gasteiger partial charge in [-0.15, -0.1) is 0 Å². The Hall–Kier alpha value is -1.36. The molecular weight excluding hydrogens is 741 g/mol. The van der Waals surface area contributed by atoms with Crippen LogP contribution in [0.15, 0.2) is 48.1 Å². The summed E-state index contributed by atoms with van der Waals surface area (Å²) in [5.74, 6) is -0.231. The number of allylic oxidation sites excluding steroid dienone is 4. The van der Waals surface area contributed by atoms with E-state index in [1.165, 1.54) is 128 Å². The fourth-order valence-electron chi connectivity index (χ4n) is 13.6. The third-order valence-corrected chi connectivity index (χ3v) is 17.3. The lowest BCUT2D eigenvalue weighted by molar-refractivity contribution is -0.0445. The molecule has 0 aliphatic heterocycles. The van der Waals surface area contributed by atoms with Crippen molar-refractivity contribution in [3.05, 3.63) is 48.1 Å². The lowest BCUT2D eigenvalue weighted by atomic mass is 9.53. The summed E-state index contributed by atoms with van der Waals surface area (Å²) in [5.41, 5.74) is -4.67. The number of hydrogen-bond donors (Lipinski definition) is 0. The molecule has 6 aliphatic carbocycles. The summed E-state index contributed by atoms with van der Waals surface area (Å²) in [6.45, 7) is 4.58. The molecule has 0 unspecified atom stereocenters. The Bertz CT molecular complexity index is 1250. The molecule has 0 aromatic rings. The maximum Gasteiger partial charge on any atom is 0.155 e. The van der Waals surface area contributed by atoms with Crippen LogP contribution in [0.5, 0.6) is 0 Å². The predicted octanol–water partition coefficient (Wildman–Crippen LogP) is 17.5. The molecule has 6 aliphatic rings. The summed E-state index contributed by atoms with van der Waals surface area (Å²) >= 11 is 0. The van der Waals surface area contributed by atoms with E-state index in [9.17, 15) is 0 Å². The van der Waals surface area contributed by atoms with Crippen molar-refractivity contribution in [1.82, 2.24) is 0 Å². The summed E-state index contributed by atoms with van der Waals surface area (Å²) in [6, 6.07) is 0. The van der Waals surface area contributed by atoms with Crippen molar-refractivity contribution in [2.24, 2.45) is 46.3 Å². The van der Waals surface area contributed by atoms with Crippen molar-refractivity contribution in [1.29, 1.82) is 0 Å². The Morgan fingerprint density at radius 1 is 0.492 bits per heavy atom. The van der Waals surface area contributed by atoms with Crippen molar-refractivity contribution in [2.75, 3.05) is 13.2 Å². The molecule has 6 rings (SSSR count). The van der Waals surface area contributed by atoms with Gasteiger partial charge in [0.05, 0.1) is 25.0 Å². The molecule has 0 bridgehead atoms. The van der Waals surface area contributed by atoms with Gasteiger partial charge in [0.2, 0.25) is 0 Å². The standard InChI is InChI=1S/C54H86F4O/c1-3-5-7-9-11-15-21-43-23-27-47(28-24-43)51(33-17-13-18-34-51)53(57)37-31-45(49(55)39-53)41-59-42-46-32-38-54(58,40-50(46)56)52(35-19-14-20-36-52)48-29-25-44(26-30-48)22-16-12-10-8-6-4-2/h31-32,37-40,43-48H,3-30,33-36,41-42H2,1-2H3/t43-,44-,45-,46-,47-,48-,53+,54+/m0/s1. The van der Waals surface area contributed by atoms with E-state index in [4.69, 9.17) is 4.74 Å². The van der Waals surface area contributed by atoms with Crippen molar-refractivity contribution in [3.63, 3.8) is 0 Å². The molecule has 336 valence electrons. The van der Waals surface area contributed by atoms with Crippen molar-refractivity contribution in [3.8, 4) is 0 Å². The third kappa shape index (κ3) is 11.6. The summed E-state index contributed by atoms with van der Waals surface area (Å²) in [6.07, 6.45) is 46.4. The summed E-state index contributed by atoms with van der Waals surface area (Å²) < 4.78 is 72.8. The van der Waals surface area contributed by atoms with E-state index >= 15 is 17.6 Å². The lowest BCUT2D eigenvalue weighted by Gasteiger charge is -2.53. The second-order valence-corrected chi connectivity index (χ2v) is 21.0. The van der Waals surface area contributed by atoms with Crippen LogP contribution in [0.2, 0.25) is 0 Å². The van der Waals surface area contributed by atoms with Gasteiger partial charge >= 0.3 is 0 Å². The molecule has 4 fully saturated rings. The quantitative estimate of drug-likeness (QED) is 0.0600. The first-order valence-corrected chi connectivity index (χ1v) is 25.8. The zero-order valence-corrected chi connectivity index (χ0v) is 37.9. The van der Waals surface area contributed by atoms with Gasteiger partial charge in [-0.2, -0.15) is 0 Å². The van der Waals surface area contributed by atoms with Crippen LogP contribution in [-0.4, -0.2) is 24.6 Å². The zero-order chi connectivity index (χ0) is 41.6. The molecule has 0 aromatic carbocycles. The highest BCUT2D eigenvalue weighted by Crippen LogP contribution is 2.61. The summed E-state index contributed by atoms with van der Waals surface area (Å²) in [7, 11) is 0. The van der Waals surface area contributed by atoms with E-state index in [0.29, 0.717) is 0 Å². The molecule has 5 heteroatoms. The minimum atomic E-state index is -1.79. The van der Waals surface area contributed by atoms with E-state index in [-0.39, 0.29) is 25.0 Å². The van der Waals surface area contributed by atoms with Crippen molar-refractivity contribution >= 4 is 0 Å². The Morgan fingerprint density at radius 2 is 0.847 bits per heavy atom. The van der Waals surface area contributed by atoms with Crippen LogP contribution in [0, 0.1) is 46.3 Å². The van der Waals surface area contributed by atoms with Crippen LogP contribution in [-0.2, 0) is 4.74 Å². The van der Waals surface area contributed by atoms with Crippen LogP contribution >= 0.6 is 0 Å². The third-order valence-electron chi connectivity index (χ3n) is 17.3. The molecule has 0 spiro atoms. The van der Waals surface area contributed by atoms with E-state index in [1.54, 1.807) is 24.3 Å². The first kappa shape index (κ1) is 47.1. The summed E-state index contributed by atoms with van der Waals surface area (Å²) in [5, 5.41) is 0. The van der Waals surface area contributed by atoms with E-state index < -0.39 is 45.7 Å². The molecule has 0 heterocycles. The second-order valence-electron chi connectivity index (χ2n) is 21.0. The molecule has 4 saturated carbocycles. The largest absolute Gasteiger partial charge is 0.379 e. The first-order chi connectivity index (χ1) is 28.7. The maximum absolute atomic E-state index is 17.4. The average molecular weight is 827 g/mol. The Balaban J connectivity index is 0.996. The number of halogens is 4. The first-order valence-electron chi connectivity index (χ1n) is 25.8. The molecular formula is C54H86F4O. The summed E-state index contributed by atoms with van der Waals surface area (Å²) in [4.78, 5) is 0. The normalized spacial score (nSPS) is 34.7. The zero-order valence-electron chi connectivity index (χ0n) is 37.9. The monoisotopic (exact) mass is 827 g/mol. The SMILES string of the molecule is CCCCCCCC[C@H]1CC[C@H](C2([C@@]3(F)C=C[C@@H](COC[C@@H]4C=C[C@](F)(C5([C@H]6CC[C@H](CCCCCCCC)CC6)CCCCC5)C=C4F)C(F)=C3)CCCCC2)CC1. The molecule has 0 amide bonds. The molecule has 0 N–H and O–H groups in total. The van der Waals surface area contributed by atoms with Gasteiger partial charge in [0.15, 0.2) is 11.3 Å². The van der Waals surface area contributed by atoms with Gasteiger partial charge in [-0.1, -0.05) is 180 Å². The molecule has 0 aromatic heterocycles. The van der Waals surface area contributed by atoms with Gasteiger partial charge in [-0.3, -0.25) is 0 Å². The van der Waals surface area contributed by atoms with Gasteiger partial charge in [-0.05, 0) is 99.3 Å². The highest BCUT2D eigenvalue weighted by Gasteiger charge is 2.57. The molecule has 59 heavy (non-hydrogen) atoms. The van der Waals surface area contributed by atoms with Crippen LogP contribution in [0.25, 0.3) is 0 Å². The Morgan fingerprint density at radius 3 is 1.20 bits per heavy atom. The van der Waals surface area contributed by atoms with Gasteiger partial charge in [-0.25, -0.2) is 17.6 Å². The fraction of sp³-hybridized carbons (Fsp3) is 0.852. The van der Waals surface area contributed by atoms with Crippen LogP contribution in [0.3, 0.4) is 0 Å². The van der Waals surface area contributed by atoms with Gasteiger partial charge in [0, 0.05) is 10.8 Å². The van der Waals surface area contributed by atoms with Crippen molar-refractivity contribution in [2.45, 2.75) is 231 Å². The number of alkyl halides is 2. The Kier molecular flexibility index (Phi) is 18.2. The van der Waals surface area contributed by atoms with Gasteiger partial charge < -0.3 is 4.74 Å². The van der Waals surface area contributed by atoms with Gasteiger partial charge in [0.1, 0.15) is 11.7 Å². The topological polar surface area (TPSA) is 9.23 Å². The minimum absolute atomic E-state index is 0.0236. The van der Waals surface area contributed by atoms with E-state index in [1.807, 2.05) is 0 Å². The molecule has 1 nitrogen and oxygen atoms in total. The van der Waals surface area contributed by atoms with Gasteiger partial charge in [0.25, 0.3) is 0 Å². The molecule has 0 radical (unpaired) electrons. The lowest BCUT2D eigenvalue weighted by Crippen LogP contribution is -2.51. The second kappa shape index (κ2) is 22.8. The van der Waals surface area contributed by atoms with Crippen molar-refractivity contribution < 1.29 is 22.3 Å². The number of rotatable bonds is 22. The van der Waals surface area contributed by atoms with E-state index in [0.717, 1.165) is 102 Å². The van der Waals surface area contributed by atoms with Crippen LogP contribution in [0.4, 0.5) is 17.6 Å². The smallest absolute Gasteiger partial charge is 0.155 e. The molecule has 0 saturated heterocycles.